The Morgan fingerprint density at radius 1 is 0.794 bits per heavy atom. The third kappa shape index (κ3) is 2.77. The summed E-state index contributed by atoms with van der Waals surface area (Å²) in [7, 11) is 5.64. The first-order valence-corrected chi connectivity index (χ1v) is 10.4. The van der Waals surface area contributed by atoms with Gasteiger partial charge in [-0.1, -0.05) is 0 Å². The van der Waals surface area contributed by atoms with Crippen molar-refractivity contribution in [3.8, 4) is 33.9 Å². The summed E-state index contributed by atoms with van der Waals surface area (Å²) in [6, 6.07) is 5.18. The standard InChI is InChI=1S/C22H22N6O6/c1-25-17(23)14(19(29)27(3)21(25)31)13-15-18(26(2)22(32)28(4)20(15)30)24-16(13)10-5-6-11-12(9-10)34-8-7-33-11/h5-6,9,24H,7-8,23H2,1-4H3. The highest BCUT2D eigenvalue weighted by molar-refractivity contribution is 6.04. The van der Waals surface area contributed by atoms with Gasteiger partial charge in [0.1, 0.15) is 24.7 Å². The molecule has 0 fully saturated rings. The van der Waals surface area contributed by atoms with Crippen molar-refractivity contribution >= 4 is 16.9 Å². The highest BCUT2D eigenvalue weighted by Crippen LogP contribution is 2.40. The average Bonchev–Trinajstić information content (AvgIpc) is 3.24. The molecular formula is C22H22N6O6. The molecule has 1 aliphatic rings. The fourth-order valence-corrected chi connectivity index (χ4v) is 4.28. The first-order chi connectivity index (χ1) is 16.1. The highest BCUT2D eigenvalue weighted by atomic mass is 16.6. The van der Waals surface area contributed by atoms with Crippen molar-refractivity contribution < 1.29 is 9.47 Å². The lowest BCUT2D eigenvalue weighted by atomic mass is 9.99. The molecule has 0 saturated carbocycles. The molecule has 5 rings (SSSR count). The number of anilines is 1. The fraction of sp³-hybridized carbons (Fsp3) is 0.273. The minimum absolute atomic E-state index is 0.0310. The van der Waals surface area contributed by atoms with Crippen LogP contribution in [0.15, 0.2) is 37.4 Å². The summed E-state index contributed by atoms with van der Waals surface area (Å²) in [6.45, 7) is 0.798. The van der Waals surface area contributed by atoms with Gasteiger partial charge in [0.05, 0.1) is 16.6 Å². The van der Waals surface area contributed by atoms with E-state index in [0.717, 1.165) is 13.7 Å². The molecule has 3 N–H and O–H groups in total. The van der Waals surface area contributed by atoms with Gasteiger partial charge in [0.25, 0.3) is 11.1 Å². The molecule has 0 unspecified atom stereocenters. The Labute approximate surface area is 191 Å². The largest absolute Gasteiger partial charge is 0.486 e. The molecule has 0 radical (unpaired) electrons. The second-order valence-electron chi connectivity index (χ2n) is 8.13. The number of nitrogens with two attached hydrogens (primary N) is 1. The summed E-state index contributed by atoms with van der Waals surface area (Å²) in [4.78, 5) is 54.8. The molecule has 4 aromatic rings. The summed E-state index contributed by atoms with van der Waals surface area (Å²) in [5.41, 5.74) is 5.15. The fourth-order valence-electron chi connectivity index (χ4n) is 4.28. The molecule has 0 saturated heterocycles. The topological polar surface area (TPSA) is 148 Å². The van der Waals surface area contributed by atoms with Crippen molar-refractivity contribution in [3.63, 3.8) is 0 Å². The van der Waals surface area contributed by atoms with E-state index in [1.54, 1.807) is 18.2 Å². The van der Waals surface area contributed by atoms with E-state index in [0.29, 0.717) is 36.0 Å². The van der Waals surface area contributed by atoms with Gasteiger partial charge < -0.3 is 20.2 Å². The quantitative estimate of drug-likeness (QED) is 0.410. The molecule has 3 aromatic heterocycles. The number of nitrogen functional groups attached to an aromatic ring is 1. The minimum Gasteiger partial charge on any atom is -0.486 e. The van der Waals surface area contributed by atoms with Crippen LogP contribution >= 0.6 is 0 Å². The van der Waals surface area contributed by atoms with E-state index in [9.17, 15) is 19.2 Å². The van der Waals surface area contributed by atoms with Gasteiger partial charge in [-0.2, -0.15) is 0 Å². The van der Waals surface area contributed by atoms with Gasteiger partial charge in [-0.15, -0.1) is 0 Å². The summed E-state index contributed by atoms with van der Waals surface area (Å²) in [5, 5.41) is 0.0944. The zero-order valence-corrected chi connectivity index (χ0v) is 19.0. The number of hydrogen-bond acceptors (Lipinski definition) is 7. The number of rotatable bonds is 2. The summed E-state index contributed by atoms with van der Waals surface area (Å²) < 4.78 is 15.6. The van der Waals surface area contributed by atoms with Crippen LogP contribution in [0.3, 0.4) is 0 Å². The molecule has 176 valence electrons. The predicted molar refractivity (Wildman–Crippen MR) is 126 cm³/mol. The molecule has 0 amide bonds. The van der Waals surface area contributed by atoms with Crippen molar-refractivity contribution in [3.05, 3.63) is 59.9 Å². The van der Waals surface area contributed by atoms with Crippen LogP contribution in [0.1, 0.15) is 0 Å². The number of ether oxygens (including phenoxy) is 2. The number of benzene rings is 1. The predicted octanol–water partition coefficient (Wildman–Crippen LogP) is -0.350. The van der Waals surface area contributed by atoms with Crippen LogP contribution in [0.25, 0.3) is 33.4 Å². The number of aryl methyl sites for hydroxylation is 1. The number of aromatic amines is 1. The summed E-state index contributed by atoms with van der Waals surface area (Å²) >= 11 is 0. The zero-order chi connectivity index (χ0) is 24.5. The first kappa shape index (κ1) is 21.4. The van der Waals surface area contributed by atoms with E-state index in [1.807, 2.05) is 0 Å². The molecule has 0 atom stereocenters. The Kier molecular flexibility index (Phi) is 4.57. The normalized spacial score (nSPS) is 12.9. The van der Waals surface area contributed by atoms with Crippen molar-refractivity contribution in [2.75, 3.05) is 18.9 Å². The Morgan fingerprint density at radius 2 is 1.41 bits per heavy atom. The number of H-pyrrole nitrogens is 1. The van der Waals surface area contributed by atoms with Crippen molar-refractivity contribution in [2.24, 2.45) is 28.2 Å². The molecule has 12 heteroatoms. The van der Waals surface area contributed by atoms with E-state index in [2.05, 4.69) is 4.98 Å². The lowest BCUT2D eigenvalue weighted by Gasteiger charge is -2.19. The third-order valence-electron chi connectivity index (χ3n) is 6.20. The van der Waals surface area contributed by atoms with Crippen LogP contribution in [0.5, 0.6) is 11.5 Å². The Bertz CT molecular complexity index is 1750. The van der Waals surface area contributed by atoms with Crippen LogP contribution in [-0.2, 0) is 28.2 Å². The monoisotopic (exact) mass is 466 g/mol. The molecule has 12 nitrogen and oxygen atoms in total. The lowest BCUT2D eigenvalue weighted by molar-refractivity contribution is 0.171. The third-order valence-corrected chi connectivity index (χ3v) is 6.20. The van der Waals surface area contributed by atoms with E-state index < -0.39 is 22.5 Å². The Morgan fingerprint density at radius 3 is 2.12 bits per heavy atom. The minimum atomic E-state index is -0.670. The Hall–Kier alpha value is -4.48. The number of nitrogens with one attached hydrogen (secondary N) is 1. The Balaban J connectivity index is 2.00. The van der Waals surface area contributed by atoms with Crippen molar-refractivity contribution in [1.29, 1.82) is 0 Å². The van der Waals surface area contributed by atoms with Gasteiger partial charge >= 0.3 is 11.4 Å². The molecule has 0 spiro atoms. The van der Waals surface area contributed by atoms with Gasteiger partial charge in [0, 0.05) is 39.3 Å². The maximum atomic E-state index is 13.3. The second kappa shape index (κ2) is 7.27. The van der Waals surface area contributed by atoms with Crippen LogP contribution in [0.4, 0.5) is 5.82 Å². The van der Waals surface area contributed by atoms with Crippen molar-refractivity contribution in [1.82, 2.24) is 23.3 Å². The SMILES string of the molecule is Cn1c(N)c(-c2c(-c3ccc4c(c3)OCCO4)[nH]c3c2c(=O)n(C)c(=O)n3C)c(=O)n(C)c1=O. The molecule has 1 aliphatic heterocycles. The summed E-state index contributed by atoms with van der Waals surface area (Å²) in [5.74, 6) is 0.952. The van der Waals surface area contributed by atoms with E-state index in [-0.39, 0.29) is 28.0 Å². The zero-order valence-electron chi connectivity index (χ0n) is 19.0. The number of fused-ring (bicyclic) bond motifs is 2. The molecule has 34 heavy (non-hydrogen) atoms. The van der Waals surface area contributed by atoms with Crippen LogP contribution in [0, 0.1) is 0 Å². The first-order valence-electron chi connectivity index (χ1n) is 10.4. The highest BCUT2D eigenvalue weighted by Gasteiger charge is 2.27. The van der Waals surface area contributed by atoms with E-state index in [4.69, 9.17) is 15.2 Å². The van der Waals surface area contributed by atoms with Gasteiger partial charge in [-0.3, -0.25) is 27.9 Å². The molecule has 0 aliphatic carbocycles. The lowest BCUT2D eigenvalue weighted by Crippen LogP contribution is -2.39. The molecule has 1 aromatic carbocycles. The van der Waals surface area contributed by atoms with Crippen LogP contribution in [-0.4, -0.2) is 36.5 Å². The number of aromatic nitrogens is 5. The van der Waals surface area contributed by atoms with Crippen LogP contribution < -0.4 is 37.7 Å². The van der Waals surface area contributed by atoms with E-state index >= 15 is 0 Å². The second-order valence-corrected chi connectivity index (χ2v) is 8.13. The number of nitrogens with zero attached hydrogens (tertiary/aromatic N) is 4. The van der Waals surface area contributed by atoms with Gasteiger partial charge in [-0.25, -0.2) is 9.59 Å². The van der Waals surface area contributed by atoms with Gasteiger partial charge in [-0.05, 0) is 18.2 Å². The maximum Gasteiger partial charge on any atom is 0.332 e. The smallest absolute Gasteiger partial charge is 0.332 e. The van der Waals surface area contributed by atoms with Crippen LogP contribution in [0.2, 0.25) is 0 Å². The van der Waals surface area contributed by atoms with Gasteiger partial charge in [0.2, 0.25) is 0 Å². The number of hydrogen-bond donors (Lipinski definition) is 2. The van der Waals surface area contributed by atoms with E-state index in [1.165, 1.54) is 32.8 Å². The molecular weight excluding hydrogens is 444 g/mol. The van der Waals surface area contributed by atoms with Gasteiger partial charge in [0.15, 0.2) is 11.5 Å². The molecule has 0 bridgehead atoms. The average molecular weight is 466 g/mol. The maximum absolute atomic E-state index is 13.3. The van der Waals surface area contributed by atoms with Crippen molar-refractivity contribution in [2.45, 2.75) is 0 Å². The molecule has 4 heterocycles. The summed E-state index contributed by atoms with van der Waals surface area (Å²) in [6.07, 6.45) is 0.